The van der Waals surface area contributed by atoms with Crippen molar-refractivity contribution in [2.75, 3.05) is 31.2 Å². The molecule has 1 saturated heterocycles. The van der Waals surface area contributed by atoms with Crippen molar-refractivity contribution in [1.29, 1.82) is 0 Å². The number of anilines is 1. The molecule has 9 heteroatoms. The molecule has 2 aliphatic rings. The zero-order valence-corrected chi connectivity index (χ0v) is 19.1. The second kappa shape index (κ2) is 11.5. The van der Waals surface area contributed by atoms with Gasteiger partial charge in [0, 0.05) is 44.3 Å². The molecule has 0 N–H and O–H groups in total. The Kier molecular flexibility index (Phi) is 8.67. The van der Waals surface area contributed by atoms with E-state index in [9.17, 15) is 4.79 Å². The Morgan fingerprint density at radius 2 is 1.54 bits per heavy atom. The Hall–Kier alpha value is -3.20. The molecule has 35 heavy (non-hydrogen) atoms. The van der Waals surface area contributed by atoms with Crippen LogP contribution in [0.15, 0.2) is 35.5 Å². The van der Waals surface area contributed by atoms with Gasteiger partial charge in [-0.15, -0.1) is 0 Å². The Labute approximate surface area is 207 Å². The van der Waals surface area contributed by atoms with E-state index in [-0.39, 0.29) is 32.6 Å². The molecule has 0 atom stereocenters. The fraction of sp³-hybridized carbons (Fsp3) is 0.538. The smallest absolute Gasteiger partial charge is 0.316 e. The summed E-state index contributed by atoms with van der Waals surface area (Å²) in [5.74, 6) is 0.702. The van der Waals surface area contributed by atoms with Gasteiger partial charge in [0.1, 0.15) is 17.4 Å². The van der Waals surface area contributed by atoms with Crippen LogP contribution in [0, 0.1) is 6.92 Å². The highest BCUT2D eigenvalue weighted by atomic mass is 16.5. The van der Waals surface area contributed by atoms with Gasteiger partial charge in [0.05, 0.1) is 31.0 Å². The van der Waals surface area contributed by atoms with Crippen molar-refractivity contribution in [3.8, 4) is 11.8 Å². The van der Waals surface area contributed by atoms with Crippen LogP contribution in [0.5, 0.6) is 11.8 Å². The van der Waals surface area contributed by atoms with Crippen molar-refractivity contribution >= 4 is 16.7 Å². The molecule has 0 unspecified atom stereocenters. The van der Waals surface area contributed by atoms with Crippen LogP contribution in [-0.4, -0.2) is 58.0 Å². The van der Waals surface area contributed by atoms with Gasteiger partial charge in [-0.3, -0.25) is 4.79 Å². The number of nitrogens with zero attached hydrogens (tertiary/aromatic N) is 5. The topological polar surface area (TPSA) is 91.6 Å². The number of benzene rings is 1. The number of rotatable bonds is 5. The Morgan fingerprint density at radius 1 is 0.914 bits per heavy atom. The number of hydrogen-bond acceptors (Lipinski definition) is 8. The molecule has 5 rings (SSSR count). The van der Waals surface area contributed by atoms with E-state index in [0.29, 0.717) is 25.0 Å². The molecule has 0 bridgehead atoms. The number of aryl methyl sites for hydroxylation is 2. The van der Waals surface area contributed by atoms with Crippen LogP contribution in [0.1, 0.15) is 46.1 Å². The fourth-order valence-corrected chi connectivity index (χ4v) is 4.47. The highest BCUT2D eigenvalue weighted by molar-refractivity contribution is 5.85. The number of ether oxygens (including phenoxy) is 3. The zero-order valence-electron chi connectivity index (χ0n) is 19.1. The van der Waals surface area contributed by atoms with Crippen molar-refractivity contribution < 1.29 is 14.2 Å². The zero-order chi connectivity index (χ0) is 22.8. The Bertz CT molecular complexity index is 1170. The van der Waals surface area contributed by atoms with Gasteiger partial charge in [-0.1, -0.05) is 14.9 Å². The van der Waals surface area contributed by atoms with Crippen LogP contribution in [-0.2, 0) is 11.8 Å². The van der Waals surface area contributed by atoms with Crippen LogP contribution in [0.4, 0.5) is 5.69 Å². The molecule has 3 aromatic rings. The van der Waals surface area contributed by atoms with Crippen molar-refractivity contribution in [1.82, 2.24) is 19.5 Å². The second-order valence-corrected chi connectivity index (χ2v) is 8.74. The largest absolute Gasteiger partial charge is 0.488 e. The van der Waals surface area contributed by atoms with Crippen molar-refractivity contribution in [2.24, 2.45) is 7.05 Å². The molecule has 2 fully saturated rings. The molecule has 190 valence electrons. The quantitative estimate of drug-likeness (QED) is 0.539. The van der Waals surface area contributed by atoms with Crippen LogP contribution in [0.3, 0.4) is 0 Å². The first-order valence-corrected chi connectivity index (χ1v) is 11.5. The lowest BCUT2D eigenvalue weighted by atomic mass is 9.95. The minimum atomic E-state index is -0.151. The van der Waals surface area contributed by atoms with Crippen LogP contribution >= 0.6 is 0 Å². The summed E-state index contributed by atoms with van der Waals surface area (Å²) < 4.78 is 19.6. The third-order valence-corrected chi connectivity index (χ3v) is 6.34. The molecular weight excluding hydrogens is 446 g/mol. The molecule has 9 nitrogen and oxygen atoms in total. The lowest BCUT2D eigenvalue weighted by Crippen LogP contribution is -2.36. The molecule has 0 spiro atoms. The number of morpholine rings is 1. The summed E-state index contributed by atoms with van der Waals surface area (Å²) in [6, 6.07) is 4.49. The molecule has 2 aromatic heterocycles. The van der Waals surface area contributed by atoms with Crippen LogP contribution in [0.25, 0.3) is 11.0 Å². The first kappa shape index (κ1) is 26.4. The van der Waals surface area contributed by atoms with E-state index >= 15 is 0 Å². The van der Waals surface area contributed by atoms with E-state index in [4.69, 9.17) is 14.2 Å². The van der Waals surface area contributed by atoms with E-state index in [0.717, 1.165) is 61.1 Å². The Balaban J connectivity index is 0.00000171. The maximum absolute atomic E-state index is 12.3. The lowest BCUT2D eigenvalue weighted by molar-refractivity contribution is 0.0755. The van der Waals surface area contributed by atoms with Gasteiger partial charge in [0.2, 0.25) is 0 Å². The van der Waals surface area contributed by atoms with Crippen LogP contribution in [0.2, 0.25) is 0 Å². The highest BCUT2D eigenvalue weighted by Gasteiger charge is 2.26. The molecule has 1 aliphatic heterocycles. The summed E-state index contributed by atoms with van der Waals surface area (Å²) >= 11 is 0. The van der Waals surface area contributed by atoms with Crippen molar-refractivity contribution in [2.45, 2.75) is 59.7 Å². The number of aromatic nitrogens is 4. The third kappa shape index (κ3) is 5.90. The molecular formula is C26H37N5O4. The monoisotopic (exact) mass is 483 g/mol. The average molecular weight is 484 g/mol. The fourth-order valence-electron chi connectivity index (χ4n) is 4.47. The molecule has 0 radical (unpaired) electrons. The number of fused-ring (bicyclic) bond motifs is 1. The summed E-state index contributed by atoms with van der Waals surface area (Å²) in [5.41, 5.74) is 3.38. The Morgan fingerprint density at radius 3 is 2.20 bits per heavy atom. The predicted molar refractivity (Wildman–Crippen MR) is 138 cm³/mol. The van der Waals surface area contributed by atoms with Crippen molar-refractivity contribution in [3.05, 3.63) is 46.6 Å². The minimum absolute atomic E-state index is 0. The van der Waals surface area contributed by atoms with Gasteiger partial charge in [-0.2, -0.15) is 0 Å². The summed E-state index contributed by atoms with van der Waals surface area (Å²) in [7, 11) is 1.76. The number of hydrogen-bond donors (Lipinski definition) is 0. The van der Waals surface area contributed by atoms with E-state index in [1.54, 1.807) is 24.0 Å². The average Bonchev–Trinajstić information content (AvgIpc) is 2.84. The maximum atomic E-state index is 12.3. The van der Waals surface area contributed by atoms with E-state index in [1.807, 2.05) is 19.1 Å². The van der Waals surface area contributed by atoms with Gasteiger partial charge in [0.15, 0.2) is 0 Å². The predicted octanol–water partition coefficient (Wildman–Crippen LogP) is 3.91. The summed E-state index contributed by atoms with van der Waals surface area (Å²) in [5, 5.41) is 0. The summed E-state index contributed by atoms with van der Waals surface area (Å²) in [4.78, 5) is 27.5. The van der Waals surface area contributed by atoms with Gasteiger partial charge >= 0.3 is 6.01 Å². The van der Waals surface area contributed by atoms with Crippen LogP contribution < -0.4 is 19.9 Å². The van der Waals surface area contributed by atoms with Gasteiger partial charge in [-0.25, -0.2) is 15.0 Å². The van der Waals surface area contributed by atoms with Crippen molar-refractivity contribution in [3.63, 3.8) is 0 Å². The molecule has 3 heterocycles. The third-order valence-electron chi connectivity index (χ3n) is 6.34. The van der Waals surface area contributed by atoms with Gasteiger partial charge in [0.25, 0.3) is 5.56 Å². The summed E-state index contributed by atoms with van der Waals surface area (Å²) in [6.45, 7) is 4.99. The SMILES string of the molecule is C.C.Cc1cnc(OC2CCC(Oc3cc(N4CCOCC4)cc4ncc(=O)n(C)c34)CC2)nc1. The minimum Gasteiger partial charge on any atom is -0.488 e. The van der Waals surface area contributed by atoms with Gasteiger partial charge < -0.3 is 23.7 Å². The normalized spacial score (nSPS) is 20.0. The van der Waals surface area contributed by atoms with E-state index < -0.39 is 0 Å². The molecule has 1 aromatic carbocycles. The lowest BCUT2D eigenvalue weighted by Gasteiger charge is -2.31. The van der Waals surface area contributed by atoms with Gasteiger partial charge in [-0.05, 0) is 44.2 Å². The first-order valence-electron chi connectivity index (χ1n) is 11.5. The standard InChI is InChI=1S/C24H29N5O4.2CH4/c1-16-13-26-24(27-14-16)33-19-5-3-18(4-6-19)32-21-12-17(29-7-9-31-10-8-29)11-20-23(21)28(2)22(30)15-25-20;;/h11-15,18-19H,3-10H2,1-2H3;2*1H4. The highest BCUT2D eigenvalue weighted by Crippen LogP contribution is 2.33. The molecule has 0 amide bonds. The molecule has 1 saturated carbocycles. The second-order valence-electron chi connectivity index (χ2n) is 8.74. The maximum Gasteiger partial charge on any atom is 0.316 e. The van der Waals surface area contributed by atoms with E-state index in [2.05, 4.69) is 19.9 Å². The van der Waals surface area contributed by atoms with E-state index in [1.165, 1.54) is 6.20 Å². The first-order chi connectivity index (χ1) is 16.1. The molecule has 1 aliphatic carbocycles. The summed E-state index contributed by atoms with van der Waals surface area (Å²) in [6.07, 6.45) is 8.45.